The first-order chi connectivity index (χ1) is 12.2. The molecule has 0 aliphatic rings. The highest BCUT2D eigenvalue weighted by Crippen LogP contribution is 2.24. The summed E-state index contributed by atoms with van der Waals surface area (Å²) in [4.78, 5) is 9.27. The molecule has 1 N–H and O–H groups in total. The van der Waals surface area contributed by atoms with Gasteiger partial charge in [-0.05, 0) is 25.1 Å². The molecule has 1 heterocycles. The van der Waals surface area contributed by atoms with Crippen molar-refractivity contribution in [1.82, 2.24) is 9.97 Å². The molecular weight excluding hydrogens is 314 g/mol. The number of hydrogen-bond donors (Lipinski definition) is 1. The highest BCUT2D eigenvalue weighted by molar-refractivity contribution is 5.63. The van der Waals surface area contributed by atoms with E-state index < -0.39 is 0 Å². The largest absolute Gasteiger partial charge is 0.497 e. The van der Waals surface area contributed by atoms with Crippen LogP contribution in [0.15, 0.2) is 54.6 Å². The Bertz CT molecular complexity index is 865. The van der Waals surface area contributed by atoms with Gasteiger partial charge in [-0.3, -0.25) is 0 Å². The van der Waals surface area contributed by atoms with Crippen LogP contribution in [0, 0.1) is 6.92 Å². The molecule has 1 aromatic heterocycles. The van der Waals surface area contributed by atoms with Crippen molar-refractivity contribution in [3.05, 3.63) is 65.9 Å². The quantitative estimate of drug-likeness (QED) is 0.726. The molecule has 0 radical (unpaired) electrons. The fourth-order valence-corrected chi connectivity index (χ4v) is 2.55. The number of aryl methyl sites for hydroxylation is 1. The van der Waals surface area contributed by atoms with Crippen molar-refractivity contribution in [3.63, 3.8) is 0 Å². The second kappa shape index (κ2) is 7.77. The van der Waals surface area contributed by atoms with Gasteiger partial charge in [0.1, 0.15) is 11.6 Å². The van der Waals surface area contributed by atoms with Crippen molar-refractivity contribution < 1.29 is 9.47 Å². The minimum atomic E-state index is 0.425. The number of anilines is 2. The van der Waals surface area contributed by atoms with E-state index in [1.165, 1.54) is 5.56 Å². The lowest BCUT2D eigenvalue weighted by Crippen LogP contribution is -2.02. The first-order valence-electron chi connectivity index (χ1n) is 8.03. The number of aromatic nitrogens is 2. The number of rotatable bonds is 6. The van der Waals surface area contributed by atoms with Crippen molar-refractivity contribution in [3.8, 4) is 17.1 Å². The fraction of sp³-hybridized carbons (Fsp3) is 0.200. The van der Waals surface area contributed by atoms with Crippen LogP contribution in [-0.4, -0.2) is 24.2 Å². The number of nitrogens with one attached hydrogen (secondary N) is 1. The third-order valence-corrected chi connectivity index (χ3v) is 3.69. The van der Waals surface area contributed by atoms with Crippen molar-refractivity contribution in [2.75, 3.05) is 19.5 Å². The normalized spacial score (nSPS) is 10.5. The van der Waals surface area contributed by atoms with Crippen LogP contribution in [0.4, 0.5) is 11.5 Å². The third kappa shape index (κ3) is 4.33. The molecule has 0 bridgehead atoms. The highest BCUT2D eigenvalue weighted by Gasteiger charge is 2.08. The zero-order chi connectivity index (χ0) is 17.6. The van der Waals surface area contributed by atoms with Crippen LogP contribution >= 0.6 is 0 Å². The molecule has 5 heteroatoms. The van der Waals surface area contributed by atoms with Gasteiger partial charge in [0.25, 0.3) is 0 Å². The van der Waals surface area contributed by atoms with Gasteiger partial charge in [-0.1, -0.05) is 29.8 Å². The van der Waals surface area contributed by atoms with Gasteiger partial charge < -0.3 is 14.8 Å². The summed E-state index contributed by atoms with van der Waals surface area (Å²) in [5, 5.41) is 3.32. The Morgan fingerprint density at radius 3 is 2.56 bits per heavy atom. The predicted octanol–water partition coefficient (Wildman–Crippen LogP) is 4.35. The smallest absolute Gasteiger partial charge is 0.161 e. The van der Waals surface area contributed by atoms with Crippen LogP contribution in [0.2, 0.25) is 0 Å². The molecule has 0 aliphatic heterocycles. The van der Waals surface area contributed by atoms with Crippen LogP contribution in [0.3, 0.4) is 0 Å². The lowest BCUT2D eigenvalue weighted by molar-refractivity contribution is 0.181. The van der Waals surface area contributed by atoms with E-state index in [2.05, 4.69) is 34.3 Å². The maximum Gasteiger partial charge on any atom is 0.161 e. The molecule has 0 atom stereocenters. The molecule has 25 heavy (non-hydrogen) atoms. The monoisotopic (exact) mass is 335 g/mol. The molecular formula is C20H21N3O2. The van der Waals surface area contributed by atoms with Crippen molar-refractivity contribution in [1.29, 1.82) is 0 Å². The molecule has 3 rings (SSSR count). The molecule has 0 saturated carbocycles. The second-order valence-electron chi connectivity index (χ2n) is 5.73. The molecule has 0 saturated heterocycles. The minimum Gasteiger partial charge on any atom is -0.497 e. The average molecular weight is 335 g/mol. The van der Waals surface area contributed by atoms with E-state index in [1.54, 1.807) is 14.2 Å². The molecule has 128 valence electrons. The zero-order valence-electron chi connectivity index (χ0n) is 14.6. The molecule has 0 fully saturated rings. The van der Waals surface area contributed by atoms with E-state index in [4.69, 9.17) is 9.47 Å². The van der Waals surface area contributed by atoms with Crippen LogP contribution in [0.25, 0.3) is 11.4 Å². The van der Waals surface area contributed by atoms with E-state index in [-0.39, 0.29) is 0 Å². The van der Waals surface area contributed by atoms with Gasteiger partial charge in [0.05, 0.1) is 19.4 Å². The Morgan fingerprint density at radius 2 is 1.80 bits per heavy atom. The SMILES string of the molecule is COCc1cc(Nc2cccc(OC)c2)nc(-c2cccc(C)c2)n1. The second-order valence-corrected chi connectivity index (χ2v) is 5.73. The zero-order valence-corrected chi connectivity index (χ0v) is 14.6. The summed E-state index contributed by atoms with van der Waals surface area (Å²) >= 11 is 0. The summed E-state index contributed by atoms with van der Waals surface area (Å²) in [5.74, 6) is 2.17. The Kier molecular flexibility index (Phi) is 5.26. The van der Waals surface area contributed by atoms with Crippen LogP contribution in [0.5, 0.6) is 5.75 Å². The summed E-state index contributed by atoms with van der Waals surface area (Å²) < 4.78 is 10.5. The number of ether oxygens (including phenoxy) is 2. The van der Waals surface area contributed by atoms with E-state index in [0.29, 0.717) is 18.2 Å². The maximum absolute atomic E-state index is 5.27. The standard InChI is InChI=1S/C20H21N3O2/c1-14-6-4-7-15(10-14)20-22-17(13-24-2)12-19(23-20)21-16-8-5-9-18(11-16)25-3/h4-12H,13H2,1-3H3,(H,21,22,23). The summed E-state index contributed by atoms with van der Waals surface area (Å²) in [6, 6.07) is 17.7. The lowest BCUT2D eigenvalue weighted by Gasteiger charge is -2.11. The van der Waals surface area contributed by atoms with E-state index in [0.717, 1.165) is 22.7 Å². The Morgan fingerprint density at radius 1 is 0.960 bits per heavy atom. The van der Waals surface area contributed by atoms with Gasteiger partial charge in [-0.25, -0.2) is 9.97 Å². The Labute approximate surface area is 147 Å². The number of benzene rings is 2. The van der Waals surface area contributed by atoms with E-state index >= 15 is 0 Å². The van der Waals surface area contributed by atoms with E-state index in [1.807, 2.05) is 42.5 Å². The van der Waals surface area contributed by atoms with Gasteiger partial charge >= 0.3 is 0 Å². The highest BCUT2D eigenvalue weighted by atomic mass is 16.5. The van der Waals surface area contributed by atoms with Crippen LogP contribution in [0.1, 0.15) is 11.3 Å². The maximum atomic E-state index is 5.27. The third-order valence-electron chi connectivity index (χ3n) is 3.69. The number of methoxy groups -OCH3 is 2. The number of nitrogens with zero attached hydrogens (tertiary/aromatic N) is 2. The van der Waals surface area contributed by atoms with Crippen molar-refractivity contribution in [2.45, 2.75) is 13.5 Å². The Hall–Kier alpha value is -2.92. The summed E-state index contributed by atoms with van der Waals surface area (Å²) in [6.45, 7) is 2.48. The van der Waals surface area contributed by atoms with E-state index in [9.17, 15) is 0 Å². The van der Waals surface area contributed by atoms with Gasteiger partial charge in [0, 0.05) is 30.5 Å². The number of hydrogen-bond acceptors (Lipinski definition) is 5. The minimum absolute atomic E-state index is 0.425. The van der Waals surface area contributed by atoms with Crippen LogP contribution < -0.4 is 10.1 Å². The fourth-order valence-electron chi connectivity index (χ4n) is 2.55. The van der Waals surface area contributed by atoms with Crippen LogP contribution in [-0.2, 0) is 11.3 Å². The molecule has 5 nitrogen and oxygen atoms in total. The van der Waals surface area contributed by atoms with Gasteiger partial charge in [-0.2, -0.15) is 0 Å². The van der Waals surface area contributed by atoms with Gasteiger partial charge in [0.2, 0.25) is 0 Å². The molecule has 0 unspecified atom stereocenters. The first-order valence-corrected chi connectivity index (χ1v) is 8.03. The van der Waals surface area contributed by atoms with Crippen molar-refractivity contribution >= 4 is 11.5 Å². The molecule has 2 aromatic carbocycles. The average Bonchev–Trinajstić information content (AvgIpc) is 2.62. The first kappa shape index (κ1) is 16.9. The van der Waals surface area contributed by atoms with Crippen molar-refractivity contribution in [2.24, 2.45) is 0 Å². The summed E-state index contributed by atoms with van der Waals surface area (Å²) in [7, 11) is 3.31. The molecule has 3 aromatic rings. The summed E-state index contributed by atoms with van der Waals surface area (Å²) in [6.07, 6.45) is 0. The molecule has 0 aliphatic carbocycles. The van der Waals surface area contributed by atoms with Gasteiger partial charge in [0.15, 0.2) is 5.82 Å². The Balaban J connectivity index is 1.97. The summed E-state index contributed by atoms with van der Waals surface area (Å²) in [5.41, 5.74) is 3.86. The molecule has 0 amide bonds. The van der Waals surface area contributed by atoms with Gasteiger partial charge in [-0.15, -0.1) is 0 Å². The topological polar surface area (TPSA) is 56.3 Å². The lowest BCUT2D eigenvalue weighted by atomic mass is 10.1. The molecule has 0 spiro atoms. The predicted molar refractivity (Wildman–Crippen MR) is 99.2 cm³/mol.